The lowest BCUT2D eigenvalue weighted by molar-refractivity contribution is 0.182. The zero-order valence-electron chi connectivity index (χ0n) is 20.8. The van der Waals surface area contributed by atoms with Crippen LogP contribution in [0.5, 0.6) is 5.75 Å². The Bertz CT molecular complexity index is 1080. The smallest absolute Gasteiger partial charge is 0.319 e. The summed E-state index contributed by atoms with van der Waals surface area (Å²) in [6, 6.07) is 26.4. The standard InChI is InChI=1S/C28H35N5O2/c1-31(2)24-14-12-22(13-15-24)27(21-29-28(34)30-23-8-7-11-26(20-23)35-3)33-18-16-32(17-19-33)25-9-5-4-6-10-25/h4-15,20,27H,16-19,21H2,1-3H3,(H2,29,30,34). The fraction of sp³-hybridized carbons (Fsp3) is 0.321. The largest absolute Gasteiger partial charge is 0.497 e. The lowest BCUT2D eigenvalue weighted by Crippen LogP contribution is -2.50. The van der Waals surface area contributed by atoms with Crippen molar-refractivity contribution in [2.45, 2.75) is 6.04 Å². The molecule has 184 valence electrons. The molecule has 7 nitrogen and oxygen atoms in total. The Morgan fingerprint density at radius 1 is 0.943 bits per heavy atom. The normalized spacial score (nSPS) is 14.8. The molecule has 1 fully saturated rings. The first kappa shape index (κ1) is 24.4. The van der Waals surface area contributed by atoms with Crippen molar-refractivity contribution < 1.29 is 9.53 Å². The molecule has 7 heteroatoms. The molecular formula is C28H35N5O2. The number of hydrogen-bond acceptors (Lipinski definition) is 5. The highest BCUT2D eigenvalue weighted by Gasteiger charge is 2.26. The second-order valence-electron chi connectivity index (χ2n) is 8.93. The third kappa shape index (κ3) is 6.45. The van der Waals surface area contributed by atoms with Gasteiger partial charge in [-0.25, -0.2) is 4.79 Å². The Morgan fingerprint density at radius 2 is 1.66 bits per heavy atom. The van der Waals surface area contributed by atoms with Crippen molar-refractivity contribution in [3.05, 3.63) is 84.4 Å². The zero-order chi connectivity index (χ0) is 24.6. The highest BCUT2D eigenvalue weighted by atomic mass is 16.5. The summed E-state index contributed by atoms with van der Waals surface area (Å²) in [7, 11) is 5.70. The van der Waals surface area contributed by atoms with Crippen molar-refractivity contribution in [3.63, 3.8) is 0 Å². The van der Waals surface area contributed by atoms with E-state index in [0.29, 0.717) is 18.0 Å². The van der Waals surface area contributed by atoms with E-state index >= 15 is 0 Å². The van der Waals surface area contributed by atoms with E-state index in [1.54, 1.807) is 13.2 Å². The van der Waals surface area contributed by atoms with Gasteiger partial charge in [-0.15, -0.1) is 0 Å². The number of hydrogen-bond donors (Lipinski definition) is 2. The molecule has 0 saturated carbocycles. The molecule has 0 radical (unpaired) electrons. The Morgan fingerprint density at radius 3 is 2.31 bits per heavy atom. The lowest BCUT2D eigenvalue weighted by Gasteiger charge is -2.40. The molecule has 2 N–H and O–H groups in total. The van der Waals surface area contributed by atoms with E-state index < -0.39 is 0 Å². The van der Waals surface area contributed by atoms with Gasteiger partial charge < -0.3 is 25.2 Å². The van der Waals surface area contributed by atoms with Crippen LogP contribution in [0.25, 0.3) is 0 Å². The second kappa shape index (κ2) is 11.6. The maximum absolute atomic E-state index is 12.7. The molecule has 1 heterocycles. The average molecular weight is 474 g/mol. The Kier molecular flexibility index (Phi) is 8.11. The fourth-order valence-electron chi connectivity index (χ4n) is 4.45. The van der Waals surface area contributed by atoms with Gasteiger partial charge in [0, 0.05) is 69.9 Å². The summed E-state index contributed by atoms with van der Waals surface area (Å²) in [6.45, 7) is 4.27. The van der Waals surface area contributed by atoms with Crippen molar-refractivity contribution in [3.8, 4) is 5.75 Å². The number of para-hydroxylation sites is 1. The number of amides is 2. The Hall–Kier alpha value is -3.71. The predicted octanol–water partition coefficient (Wildman–Crippen LogP) is 4.45. The number of carbonyl (C=O) groups excluding carboxylic acids is 1. The molecule has 0 aliphatic carbocycles. The number of benzene rings is 3. The van der Waals surface area contributed by atoms with Crippen LogP contribution in [0.15, 0.2) is 78.9 Å². The van der Waals surface area contributed by atoms with Gasteiger partial charge in [-0.3, -0.25) is 4.90 Å². The first-order chi connectivity index (χ1) is 17.0. The molecule has 1 saturated heterocycles. The van der Waals surface area contributed by atoms with Gasteiger partial charge in [0.05, 0.1) is 13.2 Å². The van der Waals surface area contributed by atoms with Crippen LogP contribution in [0.1, 0.15) is 11.6 Å². The molecule has 35 heavy (non-hydrogen) atoms. The van der Waals surface area contributed by atoms with Crippen molar-refractivity contribution >= 4 is 23.1 Å². The van der Waals surface area contributed by atoms with E-state index in [9.17, 15) is 4.79 Å². The molecule has 4 rings (SSSR count). The van der Waals surface area contributed by atoms with Crippen LogP contribution in [0.4, 0.5) is 21.9 Å². The summed E-state index contributed by atoms with van der Waals surface area (Å²) in [5, 5.41) is 6.00. The van der Waals surface area contributed by atoms with Gasteiger partial charge in [-0.2, -0.15) is 0 Å². The zero-order valence-corrected chi connectivity index (χ0v) is 20.8. The van der Waals surface area contributed by atoms with Gasteiger partial charge >= 0.3 is 6.03 Å². The third-order valence-corrected chi connectivity index (χ3v) is 6.45. The molecule has 3 aromatic rings. The minimum Gasteiger partial charge on any atom is -0.497 e. The van der Waals surface area contributed by atoms with Gasteiger partial charge in [0.2, 0.25) is 0 Å². The maximum atomic E-state index is 12.7. The number of rotatable bonds is 8. The van der Waals surface area contributed by atoms with Gasteiger partial charge in [0.1, 0.15) is 5.75 Å². The topological polar surface area (TPSA) is 60.1 Å². The van der Waals surface area contributed by atoms with E-state index in [1.807, 2.05) is 32.3 Å². The summed E-state index contributed by atoms with van der Waals surface area (Å²) >= 11 is 0. The van der Waals surface area contributed by atoms with Crippen LogP contribution >= 0.6 is 0 Å². The van der Waals surface area contributed by atoms with Crippen LogP contribution in [0.2, 0.25) is 0 Å². The monoisotopic (exact) mass is 473 g/mol. The Balaban J connectivity index is 1.43. The fourth-order valence-corrected chi connectivity index (χ4v) is 4.45. The van der Waals surface area contributed by atoms with E-state index in [0.717, 1.165) is 31.9 Å². The first-order valence-electron chi connectivity index (χ1n) is 12.0. The van der Waals surface area contributed by atoms with Crippen molar-refractivity contribution in [1.82, 2.24) is 10.2 Å². The number of anilines is 3. The Labute approximate surface area is 208 Å². The number of carbonyl (C=O) groups is 1. The van der Waals surface area contributed by atoms with E-state index in [-0.39, 0.29) is 12.1 Å². The number of urea groups is 1. The van der Waals surface area contributed by atoms with E-state index in [2.05, 4.69) is 79.9 Å². The molecular weight excluding hydrogens is 438 g/mol. The number of ether oxygens (including phenoxy) is 1. The molecule has 0 spiro atoms. The van der Waals surface area contributed by atoms with Gasteiger partial charge in [-0.05, 0) is 42.0 Å². The number of nitrogens with zero attached hydrogens (tertiary/aromatic N) is 3. The number of methoxy groups -OCH3 is 1. The molecule has 0 aromatic heterocycles. The van der Waals surface area contributed by atoms with Crippen molar-refractivity contribution in [1.29, 1.82) is 0 Å². The van der Waals surface area contributed by atoms with Crippen molar-refractivity contribution in [2.75, 3.05) is 69.0 Å². The SMILES string of the molecule is COc1cccc(NC(=O)NCC(c2ccc(N(C)C)cc2)N2CCN(c3ccccc3)CC2)c1. The third-order valence-electron chi connectivity index (χ3n) is 6.45. The molecule has 0 bridgehead atoms. The van der Waals surface area contributed by atoms with Crippen LogP contribution in [-0.2, 0) is 0 Å². The van der Waals surface area contributed by atoms with Gasteiger partial charge in [0.15, 0.2) is 0 Å². The van der Waals surface area contributed by atoms with Crippen LogP contribution in [0.3, 0.4) is 0 Å². The highest BCUT2D eigenvalue weighted by molar-refractivity contribution is 5.89. The summed E-state index contributed by atoms with van der Waals surface area (Å²) in [6.07, 6.45) is 0. The quantitative estimate of drug-likeness (QED) is 0.506. The van der Waals surface area contributed by atoms with Crippen LogP contribution in [0, 0.1) is 0 Å². The second-order valence-corrected chi connectivity index (χ2v) is 8.93. The number of nitrogens with one attached hydrogen (secondary N) is 2. The van der Waals surface area contributed by atoms with Crippen LogP contribution < -0.4 is 25.2 Å². The minimum absolute atomic E-state index is 0.0835. The van der Waals surface area contributed by atoms with Gasteiger partial charge in [0.25, 0.3) is 0 Å². The maximum Gasteiger partial charge on any atom is 0.319 e. The molecule has 3 aromatic carbocycles. The highest BCUT2D eigenvalue weighted by Crippen LogP contribution is 2.26. The minimum atomic E-state index is -0.226. The molecule has 2 amide bonds. The number of piperazine rings is 1. The molecule has 1 aliphatic heterocycles. The van der Waals surface area contributed by atoms with Crippen molar-refractivity contribution in [2.24, 2.45) is 0 Å². The lowest BCUT2D eigenvalue weighted by atomic mass is 10.0. The first-order valence-corrected chi connectivity index (χ1v) is 12.0. The summed E-state index contributed by atoms with van der Waals surface area (Å²) in [5.74, 6) is 0.706. The van der Waals surface area contributed by atoms with E-state index in [1.165, 1.54) is 11.3 Å². The summed E-state index contributed by atoms with van der Waals surface area (Å²) in [5.41, 5.74) is 4.32. The molecule has 1 unspecified atom stereocenters. The van der Waals surface area contributed by atoms with Gasteiger partial charge in [-0.1, -0.05) is 36.4 Å². The summed E-state index contributed by atoms with van der Waals surface area (Å²) in [4.78, 5) is 19.7. The average Bonchev–Trinajstić information content (AvgIpc) is 2.90. The predicted molar refractivity (Wildman–Crippen MR) is 144 cm³/mol. The molecule has 1 aliphatic rings. The van der Waals surface area contributed by atoms with E-state index in [4.69, 9.17) is 4.74 Å². The summed E-state index contributed by atoms with van der Waals surface area (Å²) < 4.78 is 5.25. The van der Waals surface area contributed by atoms with Crippen LogP contribution in [-0.4, -0.2) is 64.9 Å². The molecule has 1 atom stereocenters.